The molecular weight excluding hydrogens is 538 g/mol. The number of nitrogens with zero attached hydrogens (tertiary/aromatic N) is 5. The molecule has 4 aromatic rings. The Morgan fingerprint density at radius 2 is 1.76 bits per heavy atom. The minimum absolute atomic E-state index is 0.0905. The number of pyridine rings is 1. The van der Waals surface area contributed by atoms with Gasteiger partial charge in [0.25, 0.3) is 5.91 Å². The van der Waals surface area contributed by atoms with Crippen molar-refractivity contribution in [3.8, 4) is 0 Å². The van der Waals surface area contributed by atoms with E-state index >= 15 is 0 Å². The molecule has 0 bridgehead atoms. The lowest BCUT2D eigenvalue weighted by Crippen LogP contribution is -2.63. The van der Waals surface area contributed by atoms with Crippen molar-refractivity contribution >= 4 is 40.5 Å². The first kappa shape index (κ1) is 26.3. The van der Waals surface area contributed by atoms with Crippen LogP contribution in [0.25, 0.3) is 5.65 Å². The van der Waals surface area contributed by atoms with Crippen LogP contribution in [0.4, 0.5) is 17.3 Å². The number of aliphatic hydroxyl groups is 1. The largest absolute Gasteiger partial charge is 0.385 e. The van der Waals surface area contributed by atoms with Gasteiger partial charge in [-0.1, -0.05) is 23.7 Å². The van der Waals surface area contributed by atoms with Crippen LogP contribution in [0.5, 0.6) is 0 Å². The second kappa shape index (κ2) is 10.3. The van der Waals surface area contributed by atoms with Gasteiger partial charge in [-0.05, 0) is 86.3 Å². The molecule has 1 amide bonds. The number of benzene rings is 2. The van der Waals surface area contributed by atoms with E-state index in [2.05, 4.69) is 20.6 Å². The highest BCUT2D eigenvalue weighted by Crippen LogP contribution is 2.38. The summed E-state index contributed by atoms with van der Waals surface area (Å²) in [5.74, 6) is 0.577. The molecule has 0 aliphatic carbocycles. The molecule has 41 heavy (non-hydrogen) atoms. The number of hydrogen-bond acceptors (Lipinski definition) is 7. The molecular formula is C31H34ClN7O2. The lowest BCUT2D eigenvalue weighted by atomic mass is 9.74. The number of nitrogens with one attached hydrogen (secondary N) is 2. The summed E-state index contributed by atoms with van der Waals surface area (Å²) in [6.45, 7) is 5.15. The molecule has 9 nitrogen and oxygen atoms in total. The highest BCUT2D eigenvalue weighted by atomic mass is 35.5. The summed E-state index contributed by atoms with van der Waals surface area (Å²) in [5, 5.41) is 23.4. The summed E-state index contributed by atoms with van der Waals surface area (Å²) in [6.07, 6.45) is 5.48. The standard InChI is InChI=1S/C31H34ClN7O2/c32-24-8-6-23(7-9-24)31(41)13-17-37(18-14-31)26-3-1-16-39-27(26)35-29(36-39)34-25-10-4-22(5-11-25)28(40)38-20-30(21-38)12-2-15-33-19-30/h1,3-11,16,33,41H,2,12-15,17-21H2,(H,34,36). The number of likely N-dealkylation sites (tertiary alicyclic amines) is 1. The maximum absolute atomic E-state index is 13.0. The van der Waals surface area contributed by atoms with Crippen LogP contribution in [0, 0.1) is 5.41 Å². The van der Waals surface area contributed by atoms with Gasteiger partial charge in [0.05, 0.1) is 11.3 Å². The molecule has 1 spiro atoms. The minimum atomic E-state index is -0.871. The van der Waals surface area contributed by atoms with E-state index < -0.39 is 5.60 Å². The molecule has 0 unspecified atom stereocenters. The highest BCUT2D eigenvalue weighted by molar-refractivity contribution is 6.30. The zero-order valence-electron chi connectivity index (χ0n) is 22.9. The predicted octanol–water partition coefficient (Wildman–Crippen LogP) is 4.44. The zero-order valence-corrected chi connectivity index (χ0v) is 23.6. The van der Waals surface area contributed by atoms with Crippen LogP contribution in [0.15, 0.2) is 66.9 Å². The van der Waals surface area contributed by atoms with Crippen LogP contribution in [-0.4, -0.2) is 69.8 Å². The van der Waals surface area contributed by atoms with E-state index in [-0.39, 0.29) is 11.3 Å². The van der Waals surface area contributed by atoms with Crippen LogP contribution >= 0.6 is 11.6 Å². The Labute approximate surface area is 244 Å². The van der Waals surface area contributed by atoms with Gasteiger partial charge in [-0.15, -0.1) is 5.10 Å². The average molecular weight is 572 g/mol. The molecule has 3 aliphatic rings. The molecule has 3 fully saturated rings. The van der Waals surface area contributed by atoms with Crippen LogP contribution < -0.4 is 15.5 Å². The summed E-state index contributed by atoms with van der Waals surface area (Å²) < 4.78 is 1.77. The molecule has 2 aromatic heterocycles. The first-order valence-electron chi connectivity index (χ1n) is 14.4. The number of carbonyl (C=O) groups excluding carboxylic acids is 1. The van der Waals surface area contributed by atoms with Crippen molar-refractivity contribution in [3.63, 3.8) is 0 Å². The quantitative estimate of drug-likeness (QED) is 0.326. The van der Waals surface area contributed by atoms with Gasteiger partial charge in [0, 0.05) is 60.6 Å². The first-order chi connectivity index (χ1) is 19.9. The monoisotopic (exact) mass is 571 g/mol. The third-order valence-electron chi connectivity index (χ3n) is 8.94. The predicted molar refractivity (Wildman–Crippen MR) is 160 cm³/mol. The van der Waals surface area contributed by atoms with Gasteiger partial charge in [0.2, 0.25) is 5.95 Å². The van der Waals surface area contributed by atoms with Crippen molar-refractivity contribution in [3.05, 3.63) is 83.0 Å². The van der Waals surface area contributed by atoms with Crippen molar-refractivity contribution < 1.29 is 9.90 Å². The van der Waals surface area contributed by atoms with E-state index in [1.165, 1.54) is 12.8 Å². The van der Waals surface area contributed by atoms with Crippen molar-refractivity contribution in [2.24, 2.45) is 5.41 Å². The average Bonchev–Trinajstić information content (AvgIpc) is 3.40. The van der Waals surface area contributed by atoms with Gasteiger partial charge in [-0.2, -0.15) is 4.98 Å². The molecule has 3 aliphatic heterocycles. The molecule has 5 heterocycles. The number of anilines is 3. The summed E-state index contributed by atoms with van der Waals surface area (Å²) in [7, 11) is 0. The van der Waals surface area contributed by atoms with E-state index in [4.69, 9.17) is 16.6 Å². The van der Waals surface area contributed by atoms with E-state index in [0.717, 1.165) is 48.8 Å². The Morgan fingerprint density at radius 3 is 2.46 bits per heavy atom. The van der Waals surface area contributed by atoms with Crippen LogP contribution in [0.2, 0.25) is 5.02 Å². The van der Waals surface area contributed by atoms with Gasteiger partial charge in [0.15, 0.2) is 5.65 Å². The van der Waals surface area contributed by atoms with Gasteiger partial charge < -0.3 is 25.5 Å². The lowest BCUT2D eigenvalue weighted by molar-refractivity contribution is -0.00722. The number of fused-ring (bicyclic) bond motifs is 1. The van der Waals surface area contributed by atoms with Gasteiger partial charge in [0.1, 0.15) is 0 Å². The Kier molecular flexibility index (Phi) is 6.60. The topological polar surface area (TPSA) is 98.0 Å². The van der Waals surface area contributed by atoms with Crippen LogP contribution in [-0.2, 0) is 5.60 Å². The van der Waals surface area contributed by atoms with Crippen molar-refractivity contribution in [1.82, 2.24) is 24.8 Å². The molecule has 10 heteroatoms. The van der Waals surface area contributed by atoms with Gasteiger partial charge in [-0.3, -0.25) is 4.79 Å². The third-order valence-corrected chi connectivity index (χ3v) is 9.19. The van der Waals surface area contributed by atoms with Crippen molar-refractivity contribution in [2.45, 2.75) is 31.3 Å². The first-order valence-corrected chi connectivity index (χ1v) is 14.7. The Hall–Kier alpha value is -3.66. The number of rotatable bonds is 5. The second-order valence-electron chi connectivity index (χ2n) is 11.8. The summed E-state index contributed by atoms with van der Waals surface area (Å²) >= 11 is 6.04. The maximum Gasteiger partial charge on any atom is 0.253 e. The molecule has 3 N–H and O–H groups in total. The fraction of sp³-hybridized carbons (Fsp3) is 0.387. The molecule has 0 saturated carbocycles. The van der Waals surface area contributed by atoms with Crippen LogP contribution in [0.1, 0.15) is 41.6 Å². The van der Waals surface area contributed by atoms with Crippen molar-refractivity contribution in [1.29, 1.82) is 0 Å². The molecule has 3 saturated heterocycles. The zero-order chi connectivity index (χ0) is 28.0. The number of hydrogen-bond donors (Lipinski definition) is 3. The Morgan fingerprint density at radius 1 is 1.00 bits per heavy atom. The molecule has 0 atom stereocenters. The lowest BCUT2D eigenvalue weighted by Gasteiger charge is -2.52. The maximum atomic E-state index is 13.0. The number of halogens is 1. The fourth-order valence-corrected chi connectivity index (χ4v) is 6.70. The van der Waals surface area contributed by atoms with Gasteiger partial charge in [-0.25, -0.2) is 4.52 Å². The summed E-state index contributed by atoms with van der Waals surface area (Å²) in [5.41, 5.74) is 3.55. The number of piperidine rings is 2. The second-order valence-corrected chi connectivity index (χ2v) is 12.2. The van der Waals surface area contributed by atoms with E-state index in [1.54, 1.807) is 4.52 Å². The van der Waals surface area contributed by atoms with Crippen molar-refractivity contribution in [2.75, 3.05) is 49.5 Å². The minimum Gasteiger partial charge on any atom is -0.385 e. The molecule has 0 radical (unpaired) electrons. The van der Waals surface area contributed by atoms with E-state index in [0.29, 0.717) is 42.5 Å². The highest BCUT2D eigenvalue weighted by Gasteiger charge is 2.45. The molecule has 2 aromatic carbocycles. The van der Waals surface area contributed by atoms with E-state index in [9.17, 15) is 9.90 Å². The summed E-state index contributed by atoms with van der Waals surface area (Å²) in [4.78, 5) is 22.0. The Balaban J connectivity index is 1.01. The van der Waals surface area contributed by atoms with Gasteiger partial charge >= 0.3 is 0 Å². The molecule has 7 rings (SSSR count). The van der Waals surface area contributed by atoms with E-state index in [1.807, 2.05) is 71.8 Å². The SMILES string of the molecule is O=C(c1ccc(Nc2nc3c(N4CCC(O)(c5ccc(Cl)cc5)CC4)cccn3n2)cc1)N1CC2(CCCNC2)C1. The summed E-state index contributed by atoms with van der Waals surface area (Å²) in [6, 6.07) is 19.0. The Bertz CT molecular complexity index is 1550. The smallest absolute Gasteiger partial charge is 0.253 e. The van der Waals surface area contributed by atoms with Crippen LogP contribution in [0.3, 0.4) is 0 Å². The normalized spacial score (nSPS) is 19.8. The number of carbonyl (C=O) groups is 1. The fourth-order valence-electron chi connectivity index (χ4n) is 6.57. The molecule has 212 valence electrons. The third kappa shape index (κ3) is 5.03. The number of aromatic nitrogens is 3. The number of amides is 1.